The quantitative estimate of drug-likeness (QED) is 0.865. The van der Waals surface area contributed by atoms with Gasteiger partial charge in [-0.2, -0.15) is 0 Å². The molecule has 1 fully saturated rings. The molecule has 3 rings (SSSR count). The van der Waals surface area contributed by atoms with Crippen molar-refractivity contribution >= 4 is 11.6 Å². The Balaban J connectivity index is 1.94. The number of benzene rings is 1. The molecule has 1 aromatic carbocycles. The molecule has 0 saturated heterocycles. The van der Waals surface area contributed by atoms with E-state index in [1.807, 2.05) is 0 Å². The van der Waals surface area contributed by atoms with Crippen LogP contribution >= 0.6 is 11.6 Å². The van der Waals surface area contributed by atoms with E-state index >= 15 is 0 Å². The Morgan fingerprint density at radius 3 is 2.50 bits per heavy atom. The Kier molecular flexibility index (Phi) is 2.88. The van der Waals surface area contributed by atoms with Gasteiger partial charge in [0.1, 0.15) is 0 Å². The molecule has 1 atom stereocenters. The average molecular weight is 270 g/mol. The Morgan fingerprint density at radius 2 is 1.89 bits per heavy atom. The molecule has 0 bridgehead atoms. The lowest BCUT2D eigenvalue weighted by Gasteiger charge is -2.21. The van der Waals surface area contributed by atoms with Crippen LogP contribution in [0.25, 0.3) is 0 Å². The van der Waals surface area contributed by atoms with Crippen molar-refractivity contribution in [1.82, 2.24) is 0 Å². The zero-order valence-corrected chi connectivity index (χ0v) is 10.7. The molecular formula is C13H16ClNO3. The molecule has 18 heavy (non-hydrogen) atoms. The summed E-state index contributed by atoms with van der Waals surface area (Å²) >= 11 is 6.15. The monoisotopic (exact) mass is 269 g/mol. The van der Waals surface area contributed by atoms with Gasteiger partial charge >= 0.3 is 0 Å². The third-order valence-corrected chi connectivity index (χ3v) is 3.94. The van der Waals surface area contributed by atoms with Crippen molar-refractivity contribution in [2.75, 3.05) is 6.61 Å². The van der Waals surface area contributed by atoms with Crippen molar-refractivity contribution in [3.8, 4) is 11.5 Å². The number of nitrogens with two attached hydrogens (primary N) is 1. The fourth-order valence-corrected chi connectivity index (χ4v) is 2.93. The molecule has 0 amide bonds. The summed E-state index contributed by atoms with van der Waals surface area (Å²) in [5, 5.41) is 9.62. The van der Waals surface area contributed by atoms with Gasteiger partial charge in [-0.15, -0.1) is 0 Å². The first-order chi connectivity index (χ1) is 8.63. The van der Waals surface area contributed by atoms with Crippen LogP contribution in [0.4, 0.5) is 0 Å². The summed E-state index contributed by atoms with van der Waals surface area (Å²) in [7, 11) is 0. The Bertz CT molecular complexity index is 472. The van der Waals surface area contributed by atoms with E-state index in [2.05, 4.69) is 0 Å². The zero-order chi connectivity index (χ0) is 12.8. The number of rotatable bonds is 2. The second-order valence-electron chi connectivity index (χ2n) is 4.93. The molecule has 1 aliphatic heterocycles. The Labute approximate surface area is 111 Å². The van der Waals surface area contributed by atoms with Crippen LogP contribution < -0.4 is 15.2 Å². The molecule has 1 aromatic rings. The fraction of sp³-hybridized carbons (Fsp3) is 0.538. The van der Waals surface area contributed by atoms with Crippen LogP contribution in [0.5, 0.6) is 11.5 Å². The van der Waals surface area contributed by atoms with Gasteiger partial charge in [0.05, 0.1) is 12.6 Å². The first kappa shape index (κ1) is 12.1. The topological polar surface area (TPSA) is 64.7 Å². The fourth-order valence-electron chi connectivity index (χ4n) is 2.63. The molecule has 98 valence electrons. The number of ether oxygens (including phenoxy) is 2. The second kappa shape index (κ2) is 4.30. The molecule has 1 heterocycles. The van der Waals surface area contributed by atoms with Crippen molar-refractivity contribution < 1.29 is 14.6 Å². The van der Waals surface area contributed by atoms with E-state index in [1.54, 1.807) is 12.1 Å². The number of halogens is 1. The second-order valence-corrected chi connectivity index (χ2v) is 5.34. The van der Waals surface area contributed by atoms with E-state index in [0.717, 1.165) is 25.7 Å². The largest absolute Gasteiger partial charge is 0.448 e. The van der Waals surface area contributed by atoms with Gasteiger partial charge in [0.25, 0.3) is 5.79 Å². The molecule has 0 aromatic heterocycles. The molecule has 0 radical (unpaired) electrons. The first-order valence-corrected chi connectivity index (χ1v) is 6.59. The van der Waals surface area contributed by atoms with E-state index < -0.39 is 11.8 Å². The average Bonchev–Trinajstić information content (AvgIpc) is 2.94. The Hall–Kier alpha value is -0.970. The summed E-state index contributed by atoms with van der Waals surface area (Å²) in [4.78, 5) is 0. The van der Waals surface area contributed by atoms with Gasteiger partial charge in [-0.25, -0.2) is 0 Å². The van der Waals surface area contributed by atoms with Crippen molar-refractivity contribution in [3.63, 3.8) is 0 Å². The van der Waals surface area contributed by atoms with Gasteiger partial charge in [-0.05, 0) is 24.5 Å². The molecule has 1 unspecified atom stereocenters. The van der Waals surface area contributed by atoms with Gasteiger partial charge in [-0.1, -0.05) is 11.6 Å². The minimum Gasteiger partial charge on any atom is -0.448 e. The normalized spacial score (nSPS) is 21.5. The number of hydrogen-bond acceptors (Lipinski definition) is 4. The number of aliphatic hydroxyl groups excluding tert-OH is 1. The van der Waals surface area contributed by atoms with E-state index in [9.17, 15) is 0 Å². The van der Waals surface area contributed by atoms with Crippen LogP contribution in [0, 0.1) is 0 Å². The highest BCUT2D eigenvalue weighted by Gasteiger charge is 2.44. The third-order valence-electron chi connectivity index (χ3n) is 3.62. The molecule has 4 nitrogen and oxygen atoms in total. The van der Waals surface area contributed by atoms with E-state index in [4.69, 9.17) is 31.9 Å². The minimum atomic E-state index is -0.494. The highest BCUT2D eigenvalue weighted by atomic mass is 35.5. The number of aliphatic hydroxyl groups is 1. The SMILES string of the molecule is NC(CO)c1cc2c(cc1Cl)OC1(CCCC1)O2. The predicted molar refractivity (Wildman–Crippen MR) is 67.9 cm³/mol. The van der Waals surface area contributed by atoms with Crippen molar-refractivity contribution in [2.45, 2.75) is 37.5 Å². The Morgan fingerprint density at radius 1 is 1.28 bits per heavy atom. The highest BCUT2D eigenvalue weighted by Crippen LogP contribution is 2.48. The van der Waals surface area contributed by atoms with Gasteiger partial charge in [0, 0.05) is 23.9 Å². The smallest absolute Gasteiger partial charge is 0.251 e. The first-order valence-electron chi connectivity index (χ1n) is 6.21. The summed E-state index contributed by atoms with van der Waals surface area (Å²) in [6.45, 7) is -0.148. The lowest BCUT2D eigenvalue weighted by molar-refractivity contribution is -0.0716. The summed E-state index contributed by atoms with van der Waals surface area (Å²) in [5.41, 5.74) is 6.49. The summed E-state index contributed by atoms with van der Waals surface area (Å²) < 4.78 is 11.8. The van der Waals surface area contributed by atoms with Crippen LogP contribution in [-0.4, -0.2) is 17.5 Å². The molecule has 1 spiro atoms. The lowest BCUT2D eigenvalue weighted by atomic mass is 10.1. The van der Waals surface area contributed by atoms with Crippen LogP contribution in [0.1, 0.15) is 37.3 Å². The predicted octanol–water partition coefficient (Wildman–Crippen LogP) is 2.37. The molecule has 3 N–H and O–H groups in total. The van der Waals surface area contributed by atoms with Gasteiger partial charge < -0.3 is 20.3 Å². The maximum absolute atomic E-state index is 9.11. The third kappa shape index (κ3) is 1.85. The van der Waals surface area contributed by atoms with Crippen LogP contribution in [0.3, 0.4) is 0 Å². The molecule has 1 aliphatic carbocycles. The van der Waals surface area contributed by atoms with Crippen LogP contribution in [-0.2, 0) is 0 Å². The maximum Gasteiger partial charge on any atom is 0.251 e. The van der Waals surface area contributed by atoms with Crippen molar-refractivity contribution in [3.05, 3.63) is 22.7 Å². The van der Waals surface area contributed by atoms with Gasteiger partial charge in [0.2, 0.25) is 0 Å². The standard InChI is InChI=1S/C13H16ClNO3/c14-9-6-12-11(5-8(9)10(15)7-16)17-13(18-12)3-1-2-4-13/h5-6,10,16H,1-4,7,15H2. The van der Waals surface area contributed by atoms with E-state index in [-0.39, 0.29) is 6.61 Å². The van der Waals surface area contributed by atoms with E-state index in [1.165, 1.54) is 0 Å². The van der Waals surface area contributed by atoms with E-state index in [0.29, 0.717) is 22.1 Å². The summed E-state index contributed by atoms with van der Waals surface area (Å²) in [5.74, 6) is 0.865. The summed E-state index contributed by atoms with van der Waals surface area (Å²) in [6.07, 6.45) is 4.04. The lowest BCUT2D eigenvalue weighted by Crippen LogP contribution is -2.34. The molecule has 2 aliphatic rings. The van der Waals surface area contributed by atoms with Gasteiger partial charge in [0.15, 0.2) is 11.5 Å². The molecule has 5 heteroatoms. The number of fused-ring (bicyclic) bond motifs is 1. The van der Waals surface area contributed by atoms with Crippen molar-refractivity contribution in [2.24, 2.45) is 5.73 Å². The minimum absolute atomic E-state index is 0.148. The van der Waals surface area contributed by atoms with Crippen molar-refractivity contribution in [1.29, 1.82) is 0 Å². The van der Waals surface area contributed by atoms with Crippen LogP contribution in [0.2, 0.25) is 5.02 Å². The highest BCUT2D eigenvalue weighted by molar-refractivity contribution is 6.31. The zero-order valence-electron chi connectivity index (χ0n) is 9.99. The number of hydrogen-bond donors (Lipinski definition) is 2. The molecular weight excluding hydrogens is 254 g/mol. The van der Waals surface area contributed by atoms with Crippen LogP contribution in [0.15, 0.2) is 12.1 Å². The van der Waals surface area contributed by atoms with Gasteiger partial charge in [-0.3, -0.25) is 0 Å². The summed E-state index contributed by atoms with van der Waals surface area (Å²) in [6, 6.07) is 3.02. The molecule has 1 saturated carbocycles. The maximum atomic E-state index is 9.11.